The highest BCUT2D eigenvalue weighted by Crippen LogP contribution is 2.21. The van der Waals surface area contributed by atoms with Crippen molar-refractivity contribution in [1.29, 1.82) is 0 Å². The molecule has 1 saturated heterocycles. The minimum atomic E-state index is -3.12. The number of phenolic OH excluding ortho intramolecular Hbond substituents is 1. The highest BCUT2D eigenvalue weighted by molar-refractivity contribution is 7.88. The number of rotatable bonds is 6. The molecule has 0 atom stereocenters. The normalized spacial score (nSPS) is 17.5. The quantitative estimate of drug-likeness (QED) is 0.781. The number of nitrogens with one attached hydrogen (secondary N) is 1. The van der Waals surface area contributed by atoms with Crippen LogP contribution in [0.5, 0.6) is 5.75 Å². The molecule has 0 bridgehead atoms. The van der Waals surface area contributed by atoms with Crippen LogP contribution in [0, 0.1) is 0 Å². The van der Waals surface area contributed by atoms with Crippen LogP contribution < -0.4 is 4.72 Å². The van der Waals surface area contributed by atoms with E-state index in [2.05, 4.69) is 16.2 Å². The fourth-order valence-corrected chi connectivity index (χ4v) is 3.67. The summed E-state index contributed by atoms with van der Waals surface area (Å²) in [7, 11) is -3.12. The highest BCUT2D eigenvalue weighted by Gasteiger charge is 2.21. The van der Waals surface area contributed by atoms with Gasteiger partial charge in [0.2, 0.25) is 10.0 Å². The maximum Gasteiger partial charge on any atom is 0.208 e. The van der Waals surface area contributed by atoms with Gasteiger partial charge >= 0.3 is 0 Å². The van der Waals surface area contributed by atoms with E-state index in [1.165, 1.54) is 6.26 Å². The number of nitrogens with zero attached hydrogens (tertiary/aromatic N) is 1. The van der Waals surface area contributed by atoms with Gasteiger partial charge in [-0.05, 0) is 36.5 Å². The fourth-order valence-electron chi connectivity index (χ4n) is 2.83. The van der Waals surface area contributed by atoms with E-state index >= 15 is 0 Å². The monoisotopic (exact) mass is 324 g/mol. The van der Waals surface area contributed by atoms with E-state index in [1.54, 1.807) is 12.1 Å². The van der Waals surface area contributed by atoms with Crippen molar-refractivity contribution in [2.75, 3.05) is 19.3 Å². The Labute approximate surface area is 132 Å². The molecule has 0 aromatic heterocycles. The van der Waals surface area contributed by atoms with Crippen molar-refractivity contribution in [3.8, 4) is 5.75 Å². The zero-order valence-corrected chi connectivity index (χ0v) is 13.8. The number of piperidine rings is 1. The molecule has 1 fully saturated rings. The molecule has 2 rings (SSSR count). The van der Waals surface area contributed by atoms with Gasteiger partial charge < -0.3 is 5.11 Å². The predicted molar refractivity (Wildman–Crippen MR) is 88.3 cm³/mol. The summed E-state index contributed by atoms with van der Waals surface area (Å²) in [5.74, 6) is 0.305. The Hall–Kier alpha value is -1.37. The van der Waals surface area contributed by atoms with Gasteiger partial charge in [-0.2, -0.15) is 0 Å². The van der Waals surface area contributed by atoms with Gasteiger partial charge in [-0.15, -0.1) is 6.58 Å². The number of benzene rings is 1. The summed E-state index contributed by atoms with van der Waals surface area (Å²) in [6, 6.07) is 5.72. The predicted octanol–water partition coefficient (Wildman–Crippen LogP) is 1.63. The molecular formula is C16H24N2O3S. The Morgan fingerprint density at radius 3 is 2.68 bits per heavy atom. The Morgan fingerprint density at radius 1 is 1.41 bits per heavy atom. The van der Waals surface area contributed by atoms with Crippen molar-refractivity contribution in [1.82, 2.24) is 9.62 Å². The SMILES string of the molecule is C=CCc1cc(CN2CCC(NS(C)(=O)=O)CC2)ccc1O. The van der Waals surface area contributed by atoms with Gasteiger partial charge in [-0.25, -0.2) is 13.1 Å². The van der Waals surface area contributed by atoms with Gasteiger partial charge in [-0.3, -0.25) is 4.90 Å². The summed E-state index contributed by atoms with van der Waals surface area (Å²) in [6.45, 7) is 6.25. The number of aromatic hydroxyl groups is 1. The van der Waals surface area contributed by atoms with E-state index in [0.717, 1.165) is 43.6 Å². The van der Waals surface area contributed by atoms with Crippen molar-refractivity contribution in [2.45, 2.75) is 31.8 Å². The molecule has 1 aliphatic heterocycles. The number of phenols is 1. The molecule has 1 heterocycles. The summed E-state index contributed by atoms with van der Waals surface area (Å²) < 4.78 is 25.2. The van der Waals surface area contributed by atoms with Crippen molar-refractivity contribution < 1.29 is 13.5 Å². The summed E-state index contributed by atoms with van der Waals surface area (Å²) in [5.41, 5.74) is 2.05. The van der Waals surface area contributed by atoms with Crippen LogP contribution >= 0.6 is 0 Å². The third-order valence-corrected chi connectivity index (χ3v) is 4.64. The highest BCUT2D eigenvalue weighted by atomic mass is 32.2. The van der Waals surface area contributed by atoms with Gasteiger partial charge in [-0.1, -0.05) is 18.2 Å². The molecule has 1 aliphatic rings. The van der Waals surface area contributed by atoms with Crippen LogP contribution in [0.4, 0.5) is 0 Å². The molecule has 0 saturated carbocycles. The maximum atomic E-state index is 11.2. The van der Waals surface area contributed by atoms with Gasteiger partial charge in [0, 0.05) is 25.7 Å². The number of likely N-dealkylation sites (tertiary alicyclic amines) is 1. The molecule has 5 nitrogen and oxygen atoms in total. The van der Waals surface area contributed by atoms with Crippen LogP contribution in [0.15, 0.2) is 30.9 Å². The van der Waals surface area contributed by atoms with Crippen molar-refractivity contribution in [2.24, 2.45) is 0 Å². The average Bonchev–Trinajstić information content (AvgIpc) is 2.43. The molecule has 22 heavy (non-hydrogen) atoms. The van der Waals surface area contributed by atoms with Crippen molar-refractivity contribution in [3.63, 3.8) is 0 Å². The molecule has 0 spiro atoms. The number of sulfonamides is 1. The Kier molecular flexibility index (Phi) is 5.61. The van der Waals surface area contributed by atoms with Crippen LogP contribution in [0.25, 0.3) is 0 Å². The van der Waals surface area contributed by atoms with E-state index < -0.39 is 10.0 Å². The topological polar surface area (TPSA) is 69.6 Å². The lowest BCUT2D eigenvalue weighted by Gasteiger charge is -2.32. The van der Waals surface area contributed by atoms with Gasteiger partial charge in [0.1, 0.15) is 5.75 Å². The van der Waals surface area contributed by atoms with Crippen LogP contribution in [-0.2, 0) is 23.0 Å². The molecule has 122 valence electrons. The number of hydrogen-bond donors (Lipinski definition) is 2. The zero-order valence-electron chi connectivity index (χ0n) is 13.0. The van der Waals surface area contributed by atoms with Crippen LogP contribution in [0.2, 0.25) is 0 Å². The minimum Gasteiger partial charge on any atom is -0.508 e. The van der Waals surface area contributed by atoms with E-state index in [9.17, 15) is 13.5 Å². The first-order valence-electron chi connectivity index (χ1n) is 7.48. The smallest absolute Gasteiger partial charge is 0.208 e. The van der Waals surface area contributed by atoms with Gasteiger partial charge in [0.25, 0.3) is 0 Å². The van der Waals surface area contributed by atoms with Crippen molar-refractivity contribution in [3.05, 3.63) is 42.0 Å². The van der Waals surface area contributed by atoms with E-state index in [1.807, 2.05) is 12.1 Å². The van der Waals surface area contributed by atoms with Gasteiger partial charge in [0.15, 0.2) is 0 Å². The average molecular weight is 324 g/mol. The van der Waals surface area contributed by atoms with Crippen LogP contribution in [0.3, 0.4) is 0 Å². The number of hydrogen-bond acceptors (Lipinski definition) is 4. The van der Waals surface area contributed by atoms with Crippen LogP contribution in [0.1, 0.15) is 24.0 Å². The van der Waals surface area contributed by atoms with E-state index in [0.29, 0.717) is 12.2 Å². The molecule has 0 unspecified atom stereocenters. The first kappa shape index (κ1) is 17.0. The molecule has 0 aliphatic carbocycles. The Morgan fingerprint density at radius 2 is 2.09 bits per heavy atom. The third-order valence-electron chi connectivity index (χ3n) is 3.88. The maximum absolute atomic E-state index is 11.2. The first-order chi connectivity index (χ1) is 10.4. The Balaban J connectivity index is 1.91. The lowest BCUT2D eigenvalue weighted by molar-refractivity contribution is 0.200. The summed E-state index contributed by atoms with van der Waals surface area (Å²) in [4.78, 5) is 2.31. The molecule has 0 amide bonds. The lowest BCUT2D eigenvalue weighted by Crippen LogP contribution is -2.43. The van der Waals surface area contributed by atoms with Gasteiger partial charge in [0.05, 0.1) is 6.26 Å². The second-order valence-electron chi connectivity index (χ2n) is 5.90. The van der Waals surface area contributed by atoms with E-state index in [4.69, 9.17) is 0 Å². The Bertz CT molecular complexity index is 620. The second kappa shape index (κ2) is 7.26. The fraction of sp³-hybridized carbons (Fsp3) is 0.500. The number of allylic oxidation sites excluding steroid dienone is 1. The lowest BCUT2D eigenvalue weighted by atomic mass is 10.0. The van der Waals surface area contributed by atoms with E-state index in [-0.39, 0.29) is 6.04 Å². The molecule has 1 aromatic rings. The third kappa shape index (κ3) is 5.12. The summed E-state index contributed by atoms with van der Waals surface area (Å²) in [5, 5.41) is 9.79. The first-order valence-corrected chi connectivity index (χ1v) is 9.38. The standard InChI is InChI=1S/C16H24N2O3S/c1-3-4-14-11-13(5-6-16(14)19)12-18-9-7-15(8-10-18)17-22(2,20)21/h3,5-6,11,15,17,19H,1,4,7-10,12H2,2H3. The molecule has 6 heteroatoms. The van der Waals surface area contributed by atoms with Crippen molar-refractivity contribution >= 4 is 10.0 Å². The molecule has 1 aromatic carbocycles. The molecular weight excluding hydrogens is 300 g/mol. The second-order valence-corrected chi connectivity index (χ2v) is 7.68. The summed E-state index contributed by atoms with van der Waals surface area (Å²) in [6.07, 6.45) is 5.29. The zero-order chi connectivity index (χ0) is 16.2. The largest absolute Gasteiger partial charge is 0.508 e. The minimum absolute atomic E-state index is 0.0439. The summed E-state index contributed by atoms with van der Waals surface area (Å²) >= 11 is 0. The molecule has 2 N–H and O–H groups in total. The van der Waals surface area contributed by atoms with Crippen LogP contribution in [-0.4, -0.2) is 43.8 Å². The molecule has 0 radical (unpaired) electrons.